The summed E-state index contributed by atoms with van der Waals surface area (Å²) in [5, 5.41) is 0. The van der Waals surface area contributed by atoms with Crippen molar-refractivity contribution in [2.24, 2.45) is 0 Å². The Bertz CT molecular complexity index is 898. The SMILES string of the molecule is CC(C)c1cccc(C(C)C)c1NN1[C]N(Nc2c(C(C)C)cccc2C(C)C)B1N(C(C)C)C(C)C. The monoisotopic (exact) mass is 503 g/mol. The molecule has 0 saturated carbocycles. The van der Waals surface area contributed by atoms with Crippen LogP contribution in [0.2, 0.25) is 0 Å². The number of hydrazine groups is 2. The average Bonchev–Trinajstić information content (AvgIpc) is 2.80. The van der Waals surface area contributed by atoms with E-state index < -0.39 is 0 Å². The third kappa shape index (κ3) is 6.35. The second-order valence-electron chi connectivity index (χ2n) is 12.3. The molecular formula is C31H50BN5. The van der Waals surface area contributed by atoms with Gasteiger partial charge in [0.1, 0.15) is 0 Å². The van der Waals surface area contributed by atoms with Gasteiger partial charge in [0.15, 0.2) is 6.67 Å². The summed E-state index contributed by atoms with van der Waals surface area (Å²) >= 11 is 0. The first-order chi connectivity index (χ1) is 17.3. The highest BCUT2D eigenvalue weighted by atomic mass is 15.7. The molecule has 0 spiro atoms. The van der Waals surface area contributed by atoms with Crippen molar-refractivity contribution in [1.29, 1.82) is 0 Å². The predicted octanol–water partition coefficient (Wildman–Crippen LogP) is 8.25. The van der Waals surface area contributed by atoms with E-state index in [0.717, 1.165) is 0 Å². The van der Waals surface area contributed by atoms with Crippen LogP contribution in [0.25, 0.3) is 0 Å². The molecule has 2 N–H and O–H groups in total. The molecule has 2 aromatic carbocycles. The molecular weight excluding hydrogens is 453 g/mol. The number of anilines is 2. The lowest BCUT2D eigenvalue weighted by Crippen LogP contribution is -2.76. The lowest BCUT2D eigenvalue weighted by molar-refractivity contribution is 0.192. The Kier molecular flexibility index (Phi) is 9.76. The molecule has 0 unspecified atom stereocenters. The van der Waals surface area contributed by atoms with Crippen molar-refractivity contribution in [3.63, 3.8) is 0 Å². The second-order valence-corrected chi connectivity index (χ2v) is 12.3. The van der Waals surface area contributed by atoms with Crippen LogP contribution in [0, 0.1) is 6.67 Å². The summed E-state index contributed by atoms with van der Waals surface area (Å²) in [4.78, 5) is 6.84. The molecule has 0 bridgehead atoms. The van der Waals surface area contributed by atoms with Crippen molar-refractivity contribution < 1.29 is 0 Å². The minimum absolute atomic E-state index is 0.0274. The van der Waals surface area contributed by atoms with Crippen molar-refractivity contribution in [1.82, 2.24) is 14.7 Å². The van der Waals surface area contributed by atoms with E-state index in [0.29, 0.717) is 35.8 Å². The van der Waals surface area contributed by atoms with E-state index >= 15 is 0 Å². The Balaban J connectivity index is 2.02. The summed E-state index contributed by atoms with van der Waals surface area (Å²) in [6, 6.07) is 14.1. The maximum atomic E-state index is 3.81. The zero-order valence-electron chi connectivity index (χ0n) is 25.3. The highest BCUT2D eigenvalue weighted by Crippen LogP contribution is 2.38. The van der Waals surface area contributed by atoms with Crippen LogP contribution in [-0.4, -0.2) is 33.9 Å². The minimum atomic E-state index is -0.0274. The molecule has 2 radical (unpaired) electrons. The number of benzene rings is 2. The highest BCUT2D eigenvalue weighted by molar-refractivity contribution is 6.53. The summed E-state index contributed by atoms with van der Waals surface area (Å²) in [6.45, 7) is 30.8. The Morgan fingerprint density at radius 2 is 0.865 bits per heavy atom. The van der Waals surface area contributed by atoms with Crippen molar-refractivity contribution in [3.05, 3.63) is 65.3 Å². The zero-order chi connectivity index (χ0) is 27.6. The summed E-state index contributed by atoms with van der Waals surface area (Å²) in [6.07, 6.45) is 0. The third-order valence-corrected chi connectivity index (χ3v) is 7.35. The topological polar surface area (TPSA) is 33.8 Å². The van der Waals surface area contributed by atoms with Gasteiger partial charge in [0.05, 0.1) is 11.4 Å². The Morgan fingerprint density at radius 1 is 0.568 bits per heavy atom. The van der Waals surface area contributed by atoms with E-state index in [1.807, 2.05) is 0 Å². The molecule has 202 valence electrons. The van der Waals surface area contributed by atoms with E-state index in [2.05, 4.69) is 152 Å². The van der Waals surface area contributed by atoms with Crippen LogP contribution in [-0.2, 0) is 0 Å². The maximum absolute atomic E-state index is 3.81. The Hall–Kier alpha value is -2.02. The standard InChI is InChI=1S/C31H50BN5/c1-20(2)26-15-13-16-27(21(3)4)30(26)33-35-19-36(32(35)37(24(9)10)25(11)12)34-31-28(22(5)6)17-14-18-29(31)23(7)8/h13-18,20-25,33-34H,1-12H3. The largest absolute Gasteiger partial charge is 0.445 e. The number of hydrogen-bond donors (Lipinski definition) is 2. The molecule has 0 aromatic heterocycles. The van der Waals surface area contributed by atoms with Crippen molar-refractivity contribution in [2.45, 2.75) is 119 Å². The molecule has 0 aliphatic carbocycles. The molecule has 1 heterocycles. The number of rotatable bonds is 11. The van der Waals surface area contributed by atoms with Gasteiger partial charge in [-0.1, -0.05) is 119 Å². The summed E-state index contributed by atoms with van der Waals surface area (Å²) in [7, 11) is -0.0274. The van der Waals surface area contributed by atoms with Crippen molar-refractivity contribution >= 4 is 18.5 Å². The average molecular weight is 504 g/mol. The molecule has 6 heteroatoms. The predicted molar refractivity (Wildman–Crippen MR) is 161 cm³/mol. The molecule has 0 amide bonds. The maximum Gasteiger partial charge on any atom is 0.445 e. The molecule has 1 aliphatic rings. The first kappa shape index (κ1) is 29.5. The van der Waals surface area contributed by atoms with Gasteiger partial charge in [-0.15, -0.1) is 0 Å². The molecule has 1 saturated heterocycles. The lowest BCUT2D eigenvalue weighted by Gasteiger charge is -2.53. The van der Waals surface area contributed by atoms with Gasteiger partial charge in [-0.3, -0.25) is 0 Å². The zero-order valence-corrected chi connectivity index (χ0v) is 25.3. The van der Waals surface area contributed by atoms with E-state index in [-0.39, 0.29) is 7.12 Å². The molecule has 3 rings (SSSR count). The van der Waals surface area contributed by atoms with Gasteiger partial charge < -0.3 is 15.7 Å². The number of para-hydroxylation sites is 2. The Morgan fingerprint density at radius 3 is 1.11 bits per heavy atom. The van der Waals surface area contributed by atoms with Crippen LogP contribution in [0.4, 0.5) is 11.4 Å². The normalized spacial score (nSPS) is 15.3. The van der Waals surface area contributed by atoms with Gasteiger partial charge in [-0.05, 0) is 58.0 Å². The molecule has 1 fully saturated rings. The van der Waals surface area contributed by atoms with E-state index in [4.69, 9.17) is 0 Å². The van der Waals surface area contributed by atoms with Gasteiger partial charge in [-0.2, -0.15) is 0 Å². The minimum Gasteiger partial charge on any atom is -0.324 e. The van der Waals surface area contributed by atoms with Crippen molar-refractivity contribution in [3.8, 4) is 0 Å². The van der Waals surface area contributed by atoms with Gasteiger partial charge in [0.2, 0.25) is 0 Å². The van der Waals surface area contributed by atoms with Crippen LogP contribution < -0.4 is 10.9 Å². The molecule has 1 aliphatic heterocycles. The van der Waals surface area contributed by atoms with Gasteiger partial charge in [0.25, 0.3) is 0 Å². The van der Waals surface area contributed by atoms with E-state index in [1.165, 1.54) is 33.6 Å². The fourth-order valence-corrected chi connectivity index (χ4v) is 5.44. The molecule has 37 heavy (non-hydrogen) atoms. The lowest BCUT2D eigenvalue weighted by atomic mass is 9.78. The number of nitrogens with one attached hydrogen (secondary N) is 2. The van der Waals surface area contributed by atoms with Crippen LogP contribution in [0.15, 0.2) is 36.4 Å². The molecule has 2 aromatic rings. The van der Waals surface area contributed by atoms with Crippen LogP contribution in [0.1, 0.15) is 129 Å². The fraction of sp³-hybridized carbons (Fsp3) is 0.581. The summed E-state index contributed by atoms with van der Waals surface area (Å²) in [5.74, 6) is 1.70. The van der Waals surface area contributed by atoms with Crippen LogP contribution >= 0.6 is 0 Å². The first-order valence-electron chi connectivity index (χ1n) is 14.3. The quantitative estimate of drug-likeness (QED) is 0.302. The summed E-state index contributed by atoms with van der Waals surface area (Å²) < 4.78 is 0. The fourth-order valence-electron chi connectivity index (χ4n) is 5.44. The third-order valence-electron chi connectivity index (χ3n) is 7.35. The van der Waals surface area contributed by atoms with Crippen molar-refractivity contribution in [2.75, 3.05) is 10.9 Å². The number of hydrogen-bond acceptors (Lipinski definition) is 5. The number of nitrogens with zero attached hydrogens (tertiary/aromatic N) is 3. The Labute approximate surface area is 228 Å². The van der Waals surface area contributed by atoms with Gasteiger partial charge in [-0.25, -0.2) is 9.84 Å². The first-order valence-corrected chi connectivity index (χ1v) is 14.3. The molecule has 0 atom stereocenters. The second kappa shape index (κ2) is 12.2. The summed E-state index contributed by atoms with van der Waals surface area (Å²) in [5.41, 5.74) is 15.4. The highest BCUT2D eigenvalue weighted by Gasteiger charge is 2.51. The smallest absolute Gasteiger partial charge is 0.324 e. The van der Waals surface area contributed by atoms with E-state index in [9.17, 15) is 0 Å². The van der Waals surface area contributed by atoms with Gasteiger partial charge in [0, 0.05) is 0 Å². The van der Waals surface area contributed by atoms with E-state index in [1.54, 1.807) is 0 Å². The van der Waals surface area contributed by atoms with Crippen LogP contribution in [0.5, 0.6) is 0 Å². The van der Waals surface area contributed by atoms with Gasteiger partial charge >= 0.3 is 7.12 Å². The van der Waals surface area contributed by atoms with Crippen LogP contribution in [0.3, 0.4) is 0 Å². The molecule has 5 nitrogen and oxygen atoms in total.